The zero-order chi connectivity index (χ0) is 14.2. The first-order chi connectivity index (χ1) is 8.95. The molecular weight excluding hydrogens is 246 g/mol. The van der Waals surface area contributed by atoms with E-state index in [1.54, 1.807) is 13.8 Å². The number of carbonyl (C=O) groups is 1. The van der Waals surface area contributed by atoms with E-state index in [-0.39, 0.29) is 23.9 Å². The molecule has 0 aliphatic carbocycles. The average molecular weight is 267 g/mol. The molecule has 0 N–H and O–H groups in total. The molecular formula is C14H21NO4. The molecule has 0 aromatic carbocycles. The maximum absolute atomic E-state index is 11.7. The van der Waals surface area contributed by atoms with Crippen LogP contribution in [0.15, 0.2) is 4.42 Å². The van der Waals surface area contributed by atoms with E-state index in [2.05, 4.69) is 11.9 Å². The number of aryl methyl sites for hydroxylation is 1. The van der Waals surface area contributed by atoms with Crippen LogP contribution in [-0.2, 0) is 9.47 Å². The minimum Gasteiger partial charge on any atom is -0.460 e. The van der Waals surface area contributed by atoms with Crippen LogP contribution in [0.25, 0.3) is 0 Å². The highest BCUT2D eigenvalue weighted by molar-refractivity contribution is 5.87. The molecule has 0 radical (unpaired) electrons. The molecule has 1 aromatic rings. The number of hydrogen-bond donors (Lipinski definition) is 0. The Balaban J connectivity index is 2.27. The highest BCUT2D eigenvalue weighted by Crippen LogP contribution is 2.39. The Kier molecular flexibility index (Phi) is 3.94. The molecule has 0 bridgehead atoms. The van der Waals surface area contributed by atoms with Crippen molar-refractivity contribution in [3.05, 3.63) is 17.3 Å². The van der Waals surface area contributed by atoms with Gasteiger partial charge in [0, 0.05) is 0 Å². The zero-order valence-electron chi connectivity index (χ0n) is 12.1. The van der Waals surface area contributed by atoms with Gasteiger partial charge in [-0.15, -0.1) is 0 Å². The summed E-state index contributed by atoms with van der Waals surface area (Å²) in [4.78, 5) is 16.1. The molecule has 1 aliphatic heterocycles. The summed E-state index contributed by atoms with van der Waals surface area (Å²) in [5, 5.41) is 0. The van der Waals surface area contributed by atoms with Crippen molar-refractivity contribution in [1.29, 1.82) is 0 Å². The SMILES string of the molecule is CCOC(=O)c1oc(C2C(C)OC(C)C2C)nc1C. The minimum atomic E-state index is -0.453. The number of hydrogen-bond acceptors (Lipinski definition) is 5. The Morgan fingerprint density at radius 1 is 1.32 bits per heavy atom. The third-order valence-corrected chi connectivity index (χ3v) is 3.80. The Morgan fingerprint density at radius 2 is 2.00 bits per heavy atom. The second-order valence-electron chi connectivity index (χ2n) is 5.12. The first kappa shape index (κ1) is 14.1. The fourth-order valence-corrected chi connectivity index (χ4v) is 2.64. The molecule has 0 amide bonds. The standard InChI is InChI=1S/C14H21NO4/c1-6-17-14(16)12-8(3)15-13(19-12)11-7(2)9(4)18-10(11)5/h7,9-11H,6H2,1-5H3. The predicted molar refractivity (Wildman–Crippen MR) is 69.1 cm³/mol. The van der Waals surface area contributed by atoms with Crippen LogP contribution in [0.5, 0.6) is 0 Å². The van der Waals surface area contributed by atoms with Gasteiger partial charge in [-0.1, -0.05) is 6.92 Å². The summed E-state index contributed by atoms with van der Waals surface area (Å²) in [5.74, 6) is 0.715. The van der Waals surface area contributed by atoms with E-state index < -0.39 is 5.97 Å². The maximum Gasteiger partial charge on any atom is 0.376 e. The number of esters is 1. The molecule has 0 spiro atoms. The van der Waals surface area contributed by atoms with Gasteiger partial charge in [0.1, 0.15) is 0 Å². The summed E-state index contributed by atoms with van der Waals surface area (Å²) in [5.41, 5.74) is 0.576. The Bertz CT molecular complexity index is 468. The van der Waals surface area contributed by atoms with Crippen molar-refractivity contribution >= 4 is 5.97 Å². The van der Waals surface area contributed by atoms with E-state index in [0.717, 1.165) is 0 Å². The van der Waals surface area contributed by atoms with Crippen molar-refractivity contribution in [2.75, 3.05) is 6.61 Å². The second kappa shape index (κ2) is 5.33. The average Bonchev–Trinajstić information content (AvgIpc) is 2.81. The number of nitrogens with zero attached hydrogens (tertiary/aromatic N) is 1. The first-order valence-corrected chi connectivity index (χ1v) is 6.75. The van der Waals surface area contributed by atoms with Gasteiger partial charge < -0.3 is 13.9 Å². The van der Waals surface area contributed by atoms with E-state index in [9.17, 15) is 4.79 Å². The fourth-order valence-electron chi connectivity index (χ4n) is 2.64. The Morgan fingerprint density at radius 3 is 2.53 bits per heavy atom. The highest BCUT2D eigenvalue weighted by Gasteiger charge is 2.41. The van der Waals surface area contributed by atoms with Crippen molar-refractivity contribution in [2.24, 2.45) is 5.92 Å². The van der Waals surface area contributed by atoms with E-state index >= 15 is 0 Å². The molecule has 5 nitrogen and oxygen atoms in total. The van der Waals surface area contributed by atoms with Gasteiger partial charge >= 0.3 is 5.97 Å². The molecule has 5 heteroatoms. The largest absolute Gasteiger partial charge is 0.460 e. The van der Waals surface area contributed by atoms with Crippen molar-refractivity contribution in [3.63, 3.8) is 0 Å². The van der Waals surface area contributed by atoms with E-state index in [4.69, 9.17) is 13.9 Å². The lowest BCUT2D eigenvalue weighted by atomic mass is 9.89. The highest BCUT2D eigenvalue weighted by atomic mass is 16.5. The lowest BCUT2D eigenvalue weighted by molar-refractivity contribution is 0.0475. The molecule has 4 atom stereocenters. The third kappa shape index (κ3) is 2.52. The number of ether oxygens (including phenoxy) is 2. The van der Waals surface area contributed by atoms with Crippen LogP contribution in [0.4, 0.5) is 0 Å². The van der Waals surface area contributed by atoms with Crippen molar-refractivity contribution in [1.82, 2.24) is 4.98 Å². The normalized spacial score (nSPS) is 30.6. The fraction of sp³-hybridized carbons (Fsp3) is 0.714. The summed E-state index contributed by atoms with van der Waals surface area (Å²) >= 11 is 0. The molecule has 2 rings (SSSR count). The van der Waals surface area contributed by atoms with Gasteiger partial charge in [0.15, 0.2) is 0 Å². The Labute approximate surface area is 113 Å². The molecule has 1 saturated heterocycles. The van der Waals surface area contributed by atoms with Gasteiger partial charge in [-0.05, 0) is 33.6 Å². The quantitative estimate of drug-likeness (QED) is 0.788. The smallest absolute Gasteiger partial charge is 0.376 e. The molecule has 1 aromatic heterocycles. The van der Waals surface area contributed by atoms with E-state index in [1.165, 1.54) is 0 Å². The number of carbonyl (C=O) groups excluding carboxylic acids is 1. The van der Waals surface area contributed by atoms with Crippen molar-refractivity contribution in [2.45, 2.75) is 52.7 Å². The van der Waals surface area contributed by atoms with Crippen LogP contribution in [-0.4, -0.2) is 29.8 Å². The minimum absolute atomic E-state index is 0.0399. The monoisotopic (exact) mass is 267 g/mol. The molecule has 106 valence electrons. The van der Waals surface area contributed by atoms with Gasteiger partial charge in [0.25, 0.3) is 0 Å². The predicted octanol–water partition coefficient (Wildman–Crippen LogP) is 2.69. The second-order valence-corrected chi connectivity index (χ2v) is 5.12. The van der Waals surface area contributed by atoms with Crippen LogP contribution in [0.2, 0.25) is 0 Å². The Hall–Kier alpha value is -1.36. The van der Waals surface area contributed by atoms with Crippen molar-refractivity contribution < 1.29 is 18.7 Å². The summed E-state index contributed by atoms with van der Waals surface area (Å²) in [7, 11) is 0. The van der Waals surface area contributed by atoms with Gasteiger partial charge in [-0.3, -0.25) is 0 Å². The lowest BCUT2D eigenvalue weighted by Crippen LogP contribution is -2.15. The molecule has 1 aliphatic rings. The third-order valence-electron chi connectivity index (χ3n) is 3.80. The summed E-state index contributed by atoms with van der Waals surface area (Å²) in [6.07, 6.45) is 0.205. The van der Waals surface area contributed by atoms with Crippen LogP contribution in [0, 0.1) is 12.8 Å². The summed E-state index contributed by atoms with van der Waals surface area (Å²) in [6.45, 7) is 10.0. The van der Waals surface area contributed by atoms with E-state index in [0.29, 0.717) is 24.1 Å². The van der Waals surface area contributed by atoms with Crippen molar-refractivity contribution in [3.8, 4) is 0 Å². The summed E-state index contributed by atoms with van der Waals surface area (Å²) < 4.78 is 16.4. The van der Waals surface area contributed by atoms with Crippen LogP contribution in [0.1, 0.15) is 55.8 Å². The molecule has 2 heterocycles. The van der Waals surface area contributed by atoms with Crippen LogP contribution >= 0.6 is 0 Å². The van der Waals surface area contributed by atoms with Gasteiger partial charge in [-0.2, -0.15) is 0 Å². The number of oxazole rings is 1. The number of aromatic nitrogens is 1. The molecule has 0 saturated carbocycles. The van der Waals surface area contributed by atoms with E-state index in [1.807, 2.05) is 13.8 Å². The molecule has 1 fully saturated rings. The zero-order valence-corrected chi connectivity index (χ0v) is 12.1. The van der Waals surface area contributed by atoms with Gasteiger partial charge in [-0.25, -0.2) is 9.78 Å². The first-order valence-electron chi connectivity index (χ1n) is 6.75. The summed E-state index contributed by atoms with van der Waals surface area (Å²) in [6, 6.07) is 0. The lowest BCUT2D eigenvalue weighted by Gasteiger charge is -2.13. The van der Waals surface area contributed by atoms with Crippen LogP contribution in [0.3, 0.4) is 0 Å². The number of rotatable bonds is 3. The van der Waals surface area contributed by atoms with Gasteiger partial charge in [0.05, 0.1) is 30.4 Å². The van der Waals surface area contributed by atoms with Crippen LogP contribution < -0.4 is 0 Å². The topological polar surface area (TPSA) is 61.6 Å². The molecule has 19 heavy (non-hydrogen) atoms. The van der Waals surface area contributed by atoms with Gasteiger partial charge in [0.2, 0.25) is 11.7 Å². The maximum atomic E-state index is 11.7. The molecule has 4 unspecified atom stereocenters.